The van der Waals surface area contributed by atoms with Crippen molar-refractivity contribution < 1.29 is 19.4 Å². The predicted octanol–water partition coefficient (Wildman–Crippen LogP) is 3.78. The Hall–Kier alpha value is -2.69. The van der Waals surface area contributed by atoms with Crippen molar-refractivity contribution in [3.8, 4) is 17.2 Å². The van der Waals surface area contributed by atoms with Gasteiger partial charge >= 0.3 is 6.09 Å². The normalized spacial score (nSPS) is 10.1. The molecule has 5 heteroatoms. The monoisotopic (exact) mass is 301 g/mol. The Bertz CT molecular complexity index is 628. The number of likely N-dealkylation sites (N-methyl/N-ethyl adjacent to an activating group) is 1. The van der Waals surface area contributed by atoms with E-state index in [4.69, 9.17) is 14.6 Å². The summed E-state index contributed by atoms with van der Waals surface area (Å²) in [5.41, 5.74) is 0.952. The molecule has 0 heterocycles. The van der Waals surface area contributed by atoms with Crippen molar-refractivity contribution >= 4 is 6.09 Å². The Labute approximate surface area is 129 Å². The van der Waals surface area contributed by atoms with Gasteiger partial charge in [0.15, 0.2) is 0 Å². The topological polar surface area (TPSA) is 59.0 Å². The maximum absolute atomic E-state index is 10.7. The molecule has 2 rings (SSSR count). The van der Waals surface area contributed by atoms with Gasteiger partial charge in [0.25, 0.3) is 0 Å². The van der Waals surface area contributed by atoms with E-state index in [1.165, 1.54) is 11.9 Å². The molecule has 116 valence electrons. The molecule has 5 nitrogen and oxygen atoms in total. The van der Waals surface area contributed by atoms with Crippen LogP contribution in [0.3, 0.4) is 0 Å². The van der Waals surface area contributed by atoms with Crippen LogP contribution < -0.4 is 9.47 Å². The molecule has 22 heavy (non-hydrogen) atoms. The smallest absolute Gasteiger partial charge is 0.407 e. The molecule has 2 aromatic rings. The summed E-state index contributed by atoms with van der Waals surface area (Å²) in [6, 6.07) is 15.1. The van der Waals surface area contributed by atoms with E-state index in [0.29, 0.717) is 18.9 Å². The fourth-order valence-corrected chi connectivity index (χ4v) is 1.84. The highest BCUT2D eigenvalue weighted by Gasteiger charge is 2.06. The fraction of sp³-hybridized carbons (Fsp3) is 0.235. The molecule has 1 N–H and O–H groups in total. The Balaban J connectivity index is 1.93. The van der Waals surface area contributed by atoms with Crippen molar-refractivity contribution in [2.45, 2.75) is 6.92 Å². The highest BCUT2D eigenvalue weighted by Crippen LogP contribution is 2.27. The lowest BCUT2D eigenvalue weighted by Crippen LogP contribution is -2.29. The van der Waals surface area contributed by atoms with E-state index in [1.54, 1.807) is 0 Å². The van der Waals surface area contributed by atoms with Crippen LogP contribution in [-0.2, 0) is 0 Å². The lowest BCUT2D eigenvalue weighted by atomic mass is 10.2. The molecule has 0 spiro atoms. The Morgan fingerprint density at radius 3 is 2.50 bits per heavy atom. The number of hydrogen-bond acceptors (Lipinski definition) is 3. The van der Waals surface area contributed by atoms with Gasteiger partial charge in [-0.2, -0.15) is 0 Å². The van der Waals surface area contributed by atoms with E-state index in [1.807, 2.05) is 55.5 Å². The Kier molecular flexibility index (Phi) is 5.25. The molecule has 0 saturated heterocycles. The number of para-hydroxylation sites is 1. The summed E-state index contributed by atoms with van der Waals surface area (Å²) in [4.78, 5) is 11.8. The number of hydrogen-bond donors (Lipinski definition) is 1. The van der Waals surface area contributed by atoms with Gasteiger partial charge in [-0.3, -0.25) is 0 Å². The summed E-state index contributed by atoms with van der Waals surface area (Å²) in [5, 5.41) is 8.75. The van der Waals surface area contributed by atoms with Gasteiger partial charge in [-0.05, 0) is 42.8 Å². The maximum atomic E-state index is 10.7. The van der Waals surface area contributed by atoms with Crippen molar-refractivity contribution in [1.29, 1.82) is 0 Å². The predicted molar refractivity (Wildman–Crippen MR) is 83.8 cm³/mol. The minimum absolute atomic E-state index is 0.307. The molecule has 0 fully saturated rings. The standard InChI is InChI=1S/C17H19NO4/c1-13-12-15(21-11-10-18(2)17(19)20)8-9-16(13)22-14-6-4-3-5-7-14/h3-9,12H,10-11H2,1-2H3,(H,19,20). The molecule has 0 bridgehead atoms. The fourth-order valence-electron chi connectivity index (χ4n) is 1.84. The molecule has 0 unspecified atom stereocenters. The van der Waals surface area contributed by atoms with Crippen molar-refractivity contribution in [2.24, 2.45) is 0 Å². The molecule has 1 amide bonds. The first kappa shape index (κ1) is 15.7. The molecule has 2 aromatic carbocycles. The number of carboxylic acid groups (broad SMARTS) is 1. The highest BCUT2D eigenvalue weighted by atomic mass is 16.5. The number of benzene rings is 2. The van der Waals surface area contributed by atoms with E-state index in [9.17, 15) is 4.79 Å². The summed E-state index contributed by atoms with van der Waals surface area (Å²) in [7, 11) is 1.51. The van der Waals surface area contributed by atoms with E-state index in [2.05, 4.69) is 0 Å². The quantitative estimate of drug-likeness (QED) is 0.882. The second-order valence-corrected chi connectivity index (χ2v) is 4.90. The van der Waals surface area contributed by atoms with E-state index in [0.717, 1.165) is 17.1 Å². The number of amides is 1. The highest BCUT2D eigenvalue weighted by molar-refractivity contribution is 5.64. The summed E-state index contributed by atoms with van der Waals surface area (Å²) in [6.07, 6.45) is -0.966. The van der Waals surface area contributed by atoms with Crippen molar-refractivity contribution in [1.82, 2.24) is 4.90 Å². The molecule has 0 aliphatic rings. The minimum atomic E-state index is -0.966. The van der Waals surface area contributed by atoms with Crippen LogP contribution in [0.5, 0.6) is 17.2 Å². The van der Waals surface area contributed by atoms with Gasteiger partial charge in [0.1, 0.15) is 23.9 Å². The number of carbonyl (C=O) groups is 1. The Morgan fingerprint density at radius 1 is 1.14 bits per heavy atom. The van der Waals surface area contributed by atoms with Gasteiger partial charge in [0.2, 0.25) is 0 Å². The van der Waals surface area contributed by atoms with Gasteiger partial charge in [0.05, 0.1) is 6.54 Å². The van der Waals surface area contributed by atoms with E-state index in [-0.39, 0.29) is 0 Å². The molecule has 0 aliphatic carbocycles. The molecule has 0 radical (unpaired) electrons. The molecular formula is C17H19NO4. The second kappa shape index (κ2) is 7.36. The first-order valence-electron chi connectivity index (χ1n) is 6.96. The van der Waals surface area contributed by atoms with Crippen LogP contribution in [0.25, 0.3) is 0 Å². The zero-order valence-corrected chi connectivity index (χ0v) is 12.7. The summed E-state index contributed by atoms with van der Waals surface area (Å²) in [5.74, 6) is 2.24. The van der Waals surface area contributed by atoms with Crippen molar-refractivity contribution in [3.63, 3.8) is 0 Å². The molecular weight excluding hydrogens is 282 g/mol. The first-order valence-corrected chi connectivity index (χ1v) is 6.96. The van der Waals surface area contributed by atoms with Crippen LogP contribution in [0.1, 0.15) is 5.56 Å². The third kappa shape index (κ3) is 4.41. The lowest BCUT2D eigenvalue weighted by Gasteiger charge is -2.14. The van der Waals surface area contributed by atoms with Gasteiger partial charge in [-0.25, -0.2) is 4.79 Å². The lowest BCUT2D eigenvalue weighted by molar-refractivity contribution is 0.147. The third-order valence-corrected chi connectivity index (χ3v) is 3.14. The average molecular weight is 301 g/mol. The zero-order valence-electron chi connectivity index (χ0n) is 12.7. The number of nitrogens with zero attached hydrogens (tertiary/aromatic N) is 1. The third-order valence-electron chi connectivity index (χ3n) is 3.14. The summed E-state index contributed by atoms with van der Waals surface area (Å²) in [6.45, 7) is 2.56. The summed E-state index contributed by atoms with van der Waals surface area (Å²) >= 11 is 0. The van der Waals surface area contributed by atoms with Crippen LogP contribution in [0, 0.1) is 6.92 Å². The Morgan fingerprint density at radius 2 is 1.86 bits per heavy atom. The van der Waals surface area contributed by atoms with Gasteiger partial charge < -0.3 is 19.5 Å². The van der Waals surface area contributed by atoms with Gasteiger partial charge in [-0.1, -0.05) is 18.2 Å². The maximum Gasteiger partial charge on any atom is 0.407 e. The largest absolute Gasteiger partial charge is 0.492 e. The molecule has 0 aromatic heterocycles. The van der Waals surface area contributed by atoms with Crippen LogP contribution in [0.15, 0.2) is 48.5 Å². The average Bonchev–Trinajstić information content (AvgIpc) is 2.50. The van der Waals surface area contributed by atoms with Crippen LogP contribution in [0.4, 0.5) is 4.79 Å². The van der Waals surface area contributed by atoms with Crippen LogP contribution in [0.2, 0.25) is 0 Å². The molecule has 0 saturated carbocycles. The number of rotatable bonds is 6. The minimum Gasteiger partial charge on any atom is -0.492 e. The van der Waals surface area contributed by atoms with Crippen LogP contribution >= 0.6 is 0 Å². The van der Waals surface area contributed by atoms with E-state index < -0.39 is 6.09 Å². The SMILES string of the molecule is Cc1cc(OCCN(C)C(=O)O)ccc1Oc1ccccc1. The number of aryl methyl sites for hydroxylation is 1. The van der Waals surface area contributed by atoms with Crippen molar-refractivity contribution in [3.05, 3.63) is 54.1 Å². The van der Waals surface area contributed by atoms with E-state index >= 15 is 0 Å². The first-order chi connectivity index (χ1) is 10.6. The van der Waals surface area contributed by atoms with Gasteiger partial charge in [0, 0.05) is 7.05 Å². The number of ether oxygens (including phenoxy) is 2. The zero-order chi connectivity index (χ0) is 15.9. The van der Waals surface area contributed by atoms with Crippen molar-refractivity contribution in [2.75, 3.05) is 20.2 Å². The molecule has 0 aliphatic heterocycles. The summed E-state index contributed by atoms with van der Waals surface area (Å²) < 4.78 is 11.3. The second-order valence-electron chi connectivity index (χ2n) is 4.90. The molecule has 0 atom stereocenters. The van der Waals surface area contributed by atoms with Crippen LogP contribution in [-0.4, -0.2) is 36.3 Å². The van der Waals surface area contributed by atoms with Gasteiger partial charge in [-0.15, -0.1) is 0 Å².